The molecule has 1 N–H and O–H groups in total. The summed E-state index contributed by atoms with van der Waals surface area (Å²) in [7, 11) is 0. The Morgan fingerprint density at radius 2 is 1.90 bits per heavy atom. The molecule has 7 rings (SSSR count). The van der Waals surface area contributed by atoms with Gasteiger partial charge in [0.15, 0.2) is 5.76 Å². The minimum Gasteiger partial charge on any atom is -0.359 e. The number of aromatic amines is 1. The summed E-state index contributed by atoms with van der Waals surface area (Å²) >= 11 is 6.40. The van der Waals surface area contributed by atoms with Crippen LogP contribution in [0.1, 0.15) is 62.9 Å². The second-order valence-electron chi connectivity index (χ2n) is 11.4. The molecule has 0 bridgehead atoms. The number of pyridine rings is 2. The zero-order chi connectivity index (χ0) is 28.1. The largest absolute Gasteiger partial charge is 0.439 e. The predicted octanol–water partition coefficient (Wildman–Crippen LogP) is 5.95. The van der Waals surface area contributed by atoms with Crippen molar-refractivity contribution in [3.63, 3.8) is 0 Å². The molecular formula is C29H31ClN8O3. The highest BCUT2D eigenvalue weighted by Crippen LogP contribution is 2.41. The number of nitrogens with one attached hydrogen (secondary N) is 1. The number of aryl methyl sites for hydroxylation is 1. The third-order valence-electron chi connectivity index (χ3n) is 8.43. The minimum absolute atomic E-state index is 0.0359. The van der Waals surface area contributed by atoms with Gasteiger partial charge in [0.1, 0.15) is 5.69 Å². The second kappa shape index (κ2) is 10.4. The van der Waals surface area contributed by atoms with E-state index in [2.05, 4.69) is 36.7 Å². The molecule has 1 saturated heterocycles. The molecule has 41 heavy (non-hydrogen) atoms. The number of H-pyrrole nitrogens is 1. The van der Waals surface area contributed by atoms with Crippen molar-refractivity contribution in [2.45, 2.75) is 65.0 Å². The highest BCUT2D eigenvalue weighted by Gasteiger charge is 2.34. The van der Waals surface area contributed by atoms with Gasteiger partial charge in [0.2, 0.25) is 11.8 Å². The van der Waals surface area contributed by atoms with Gasteiger partial charge in [-0.2, -0.15) is 0 Å². The van der Waals surface area contributed by atoms with Crippen LogP contribution in [0.4, 0.5) is 5.95 Å². The van der Waals surface area contributed by atoms with Crippen molar-refractivity contribution in [3.05, 3.63) is 57.6 Å². The first-order valence-electron chi connectivity index (χ1n) is 14.2. The van der Waals surface area contributed by atoms with Gasteiger partial charge in [0, 0.05) is 37.1 Å². The quantitative estimate of drug-likeness (QED) is 0.261. The first-order chi connectivity index (χ1) is 19.9. The molecule has 5 aromatic heterocycles. The summed E-state index contributed by atoms with van der Waals surface area (Å²) < 4.78 is 12.9. The highest BCUT2D eigenvalue weighted by atomic mass is 35.5. The summed E-state index contributed by atoms with van der Waals surface area (Å²) in [6, 6.07) is 5.76. The van der Waals surface area contributed by atoms with Crippen LogP contribution in [0.3, 0.4) is 0 Å². The van der Waals surface area contributed by atoms with E-state index in [0.717, 1.165) is 65.8 Å². The summed E-state index contributed by atoms with van der Waals surface area (Å²) in [4.78, 5) is 31.3. The Balaban J connectivity index is 1.44. The number of rotatable bonds is 6. The first kappa shape index (κ1) is 25.9. The van der Waals surface area contributed by atoms with E-state index in [1.165, 1.54) is 25.7 Å². The van der Waals surface area contributed by atoms with Crippen LogP contribution in [0.2, 0.25) is 5.02 Å². The number of fused-ring (bicyclic) bond motifs is 1. The molecule has 1 unspecified atom stereocenters. The topological polar surface area (TPSA) is 132 Å². The van der Waals surface area contributed by atoms with Crippen LogP contribution >= 0.6 is 11.6 Å². The number of imidazole rings is 1. The first-order valence-corrected chi connectivity index (χ1v) is 14.6. The normalized spacial score (nSPS) is 21.2. The van der Waals surface area contributed by atoms with E-state index in [4.69, 9.17) is 30.6 Å². The van der Waals surface area contributed by atoms with Crippen molar-refractivity contribution in [1.29, 1.82) is 0 Å². The van der Waals surface area contributed by atoms with Gasteiger partial charge in [-0.3, -0.25) is 14.5 Å². The zero-order valence-corrected chi connectivity index (χ0v) is 23.8. The number of halogens is 1. The molecule has 2 aliphatic rings. The number of hydrogen-bond donors (Lipinski definition) is 1. The van der Waals surface area contributed by atoms with Crippen LogP contribution in [0.5, 0.6) is 0 Å². The lowest BCUT2D eigenvalue weighted by Crippen LogP contribution is -2.27. The predicted molar refractivity (Wildman–Crippen MR) is 154 cm³/mol. The van der Waals surface area contributed by atoms with E-state index >= 15 is 0 Å². The molecule has 1 saturated carbocycles. The molecule has 1 aliphatic carbocycles. The fraction of sp³-hybridized carbons (Fsp3) is 0.448. The lowest BCUT2D eigenvalue weighted by atomic mass is 9.83. The monoisotopic (exact) mass is 574 g/mol. The lowest BCUT2D eigenvalue weighted by Gasteiger charge is -2.30. The van der Waals surface area contributed by atoms with Crippen molar-refractivity contribution < 1.29 is 9.05 Å². The van der Waals surface area contributed by atoms with E-state index in [-0.39, 0.29) is 11.9 Å². The Morgan fingerprint density at radius 1 is 1.05 bits per heavy atom. The molecular weight excluding hydrogens is 544 g/mol. The van der Waals surface area contributed by atoms with Gasteiger partial charge in [-0.25, -0.2) is 14.8 Å². The molecule has 2 fully saturated rings. The molecule has 0 spiro atoms. The average Bonchev–Trinajstić information content (AvgIpc) is 3.76. The van der Waals surface area contributed by atoms with Gasteiger partial charge in [-0.1, -0.05) is 41.7 Å². The van der Waals surface area contributed by atoms with Gasteiger partial charge in [-0.05, 0) is 56.6 Å². The number of hydrogen-bond acceptors (Lipinski definition) is 9. The Kier molecular flexibility index (Phi) is 6.61. The molecule has 12 heteroatoms. The Morgan fingerprint density at radius 3 is 2.63 bits per heavy atom. The molecule has 5 aromatic rings. The molecule has 0 radical (unpaired) electrons. The number of nitrogens with zero attached hydrogens (tertiary/aromatic N) is 7. The number of anilines is 1. The Bertz CT molecular complexity index is 1760. The van der Waals surface area contributed by atoms with Crippen LogP contribution in [-0.2, 0) is 6.54 Å². The average molecular weight is 575 g/mol. The second-order valence-corrected chi connectivity index (χ2v) is 11.9. The maximum atomic E-state index is 11.8. The lowest BCUT2D eigenvalue weighted by molar-refractivity contribution is 0.266. The summed E-state index contributed by atoms with van der Waals surface area (Å²) in [5, 5.41) is 8.56. The van der Waals surface area contributed by atoms with E-state index in [1.807, 2.05) is 25.1 Å². The minimum atomic E-state index is -0.645. The highest BCUT2D eigenvalue weighted by molar-refractivity contribution is 6.30. The molecule has 0 amide bonds. The van der Waals surface area contributed by atoms with Crippen LogP contribution in [0, 0.1) is 18.8 Å². The van der Waals surface area contributed by atoms with Crippen molar-refractivity contribution in [1.82, 2.24) is 34.8 Å². The van der Waals surface area contributed by atoms with Crippen LogP contribution < -0.4 is 10.7 Å². The van der Waals surface area contributed by atoms with Crippen molar-refractivity contribution >= 4 is 28.6 Å². The standard InChI is InChI=1S/C29H31ClN8O3/c1-16-5-7-18(8-6-16)15-38-26-21(33-28(38)37-9-3-4-23(37)24-10-17(2)35-40-24)12-22(27-34-29(39)41-36-27)32-25(26)19-11-20(30)14-31-13-19/h10-14,16,18,23H,3-9,15H2,1-2H3,(H,34,36,39). The summed E-state index contributed by atoms with van der Waals surface area (Å²) in [5.74, 6) is 2.59. The van der Waals surface area contributed by atoms with Crippen molar-refractivity contribution in [2.24, 2.45) is 11.8 Å². The van der Waals surface area contributed by atoms with Gasteiger partial charge in [0.25, 0.3) is 0 Å². The summed E-state index contributed by atoms with van der Waals surface area (Å²) in [6.07, 6.45) is 10.1. The smallest absolute Gasteiger partial charge is 0.359 e. The van der Waals surface area contributed by atoms with Crippen LogP contribution in [0.15, 0.2) is 44.4 Å². The molecule has 1 atom stereocenters. The maximum Gasteiger partial charge on any atom is 0.439 e. The van der Waals surface area contributed by atoms with Crippen molar-refractivity contribution in [2.75, 3.05) is 11.4 Å². The molecule has 11 nitrogen and oxygen atoms in total. The fourth-order valence-electron chi connectivity index (χ4n) is 6.35. The molecule has 212 valence electrons. The van der Waals surface area contributed by atoms with Gasteiger partial charge in [-0.15, -0.1) is 0 Å². The van der Waals surface area contributed by atoms with Crippen LogP contribution in [0.25, 0.3) is 33.8 Å². The van der Waals surface area contributed by atoms with E-state index < -0.39 is 5.76 Å². The SMILES string of the molecule is Cc1cc(C2CCCN2c2nc3cc(-c4noc(=O)[nH]4)nc(-c4cncc(Cl)c4)c3n2CC2CCC(C)CC2)on1. The van der Waals surface area contributed by atoms with Gasteiger partial charge < -0.3 is 14.0 Å². The zero-order valence-electron chi connectivity index (χ0n) is 23.0. The van der Waals surface area contributed by atoms with Gasteiger partial charge >= 0.3 is 5.76 Å². The van der Waals surface area contributed by atoms with Gasteiger partial charge in [0.05, 0.1) is 33.5 Å². The molecule has 6 heterocycles. The van der Waals surface area contributed by atoms with E-state index in [1.54, 1.807) is 12.4 Å². The number of aromatic nitrogens is 7. The Labute approximate surface area is 240 Å². The molecule has 1 aliphatic heterocycles. The molecule has 0 aromatic carbocycles. The maximum absolute atomic E-state index is 11.8. The van der Waals surface area contributed by atoms with Crippen molar-refractivity contribution in [3.8, 4) is 22.8 Å². The fourth-order valence-corrected chi connectivity index (χ4v) is 6.53. The summed E-state index contributed by atoms with van der Waals surface area (Å²) in [5.41, 5.74) is 4.38. The Hall–Kier alpha value is -3.99. The van der Waals surface area contributed by atoms with E-state index in [0.29, 0.717) is 22.3 Å². The van der Waals surface area contributed by atoms with E-state index in [9.17, 15) is 4.79 Å². The third-order valence-corrected chi connectivity index (χ3v) is 8.63. The van der Waals surface area contributed by atoms with Crippen LogP contribution in [-0.4, -0.2) is 41.4 Å². The third kappa shape index (κ3) is 4.92. The summed E-state index contributed by atoms with van der Waals surface area (Å²) in [6.45, 7) is 5.95.